The molecule has 0 aromatic heterocycles. The minimum Gasteiger partial charge on any atom is -0.496 e. The van der Waals surface area contributed by atoms with Crippen molar-refractivity contribution in [1.29, 1.82) is 0 Å². The third-order valence-electron chi connectivity index (χ3n) is 3.96. The van der Waals surface area contributed by atoms with Crippen LogP contribution >= 0.6 is 23.2 Å². The van der Waals surface area contributed by atoms with E-state index < -0.39 is 0 Å². The molecule has 2 aromatic carbocycles. The second-order valence-electron chi connectivity index (χ2n) is 5.56. The topological polar surface area (TPSA) is 50.8 Å². The van der Waals surface area contributed by atoms with Crippen LogP contribution in [0.3, 0.4) is 0 Å². The van der Waals surface area contributed by atoms with Gasteiger partial charge in [0.15, 0.2) is 0 Å². The zero-order valence-corrected chi connectivity index (χ0v) is 15.2. The Bertz CT molecular complexity index is 777. The summed E-state index contributed by atoms with van der Waals surface area (Å²) < 4.78 is 10.6. The number of nitrogens with zero attached hydrogens (tertiary/aromatic N) is 1. The first-order valence-corrected chi connectivity index (χ1v) is 8.61. The smallest absolute Gasteiger partial charge is 0.259 e. The lowest BCUT2D eigenvalue weighted by Gasteiger charge is -2.29. The molecule has 132 valence electrons. The molecule has 1 saturated heterocycles. The van der Waals surface area contributed by atoms with E-state index in [1.807, 2.05) is 12.1 Å². The lowest BCUT2D eigenvalue weighted by molar-refractivity contribution is 0.102. The van der Waals surface area contributed by atoms with E-state index in [2.05, 4.69) is 10.2 Å². The van der Waals surface area contributed by atoms with E-state index in [1.165, 1.54) is 7.11 Å². The number of benzene rings is 2. The Balaban J connectivity index is 1.78. The normalized spacial score (nSPS) is 14.3. The largest absolute Gasteiger partial charge is 0.496 e. The highest BCUT2D eigenvalue weighted by molar-refractivity contribution is 6.33. The Morgan fingerprint density at radius 3 is 2.60 bits per heavy atom. The quantitative estimate of drug-likeness (QED) is 0.867. The fraction of sp³-hybridized carbons (Fsp3) is 0.278. The number of amides is 1. The number of morpholine rings is 1. The summed E-state index contributed by atoms with van der Waals surface area (Å²) in [5.74, 6) is 0.146. The molecule has 0 bridgehead atoms. The number of methoxy groups -OCH3 is 1. The average molecular weight is 381 g/mol. The first-order valence-electron chi connectivity index (χ1n) is 7.85. The maximum absolute atomic E-state index is 12.5. The molecule has 1 amide bonds. The molecule has 25 heavy (non-hydrogen) atoms. The minimum absolute atomic E-state index is 0.311. The predicted molar refractivity (Wildman–Crippen MR) is 100 cm³/mol. The number of rotatable bonds is 4. The molecule has 1 heterocycles. The third kappa shape index (κ3) is 4.18. The molecule has 0 aliphatic carbocycles. The number of nitrogens with one attached hydrogen (secondary N) is 1. The van der Waals surface area contributed by atoms with E-state index in [-0.39, 0.29) is 5.91 Å². The Morgan fingerprint density at radius 2 is 1.92 bits per heavy atom. The molecule has 0 radical (unpaired) electrons. The summed E-state index contributed by atoms with van der Waals surface area (Å²) in [7, 11) is 1.51. The number of hydrogen-bond donors (Lipinski definition) is 1. The molecule has 0 saturated carbocycles. The fourth-order valence-corrected chi connectivity index (χ4v) is 3.17. The van der Waals surface area contributed by atoms with Crippen molar-refractivity contribution < 1.29 is 14.3 Å². The van der Waals surface area contributed by atoms with Crippen LogP contribution < -0.4 is 15.0 Å². The van der Waals surface area contributed by atoms with Crippen molar-refractivity contribution in [1.82, 2.24) is 0 Å². The van der Waals surface area contributed by atoms with Gasteiger partial charge in [0, 0.05) is 23.8 Å². The van der Waals surface area contributed by atoms with Crippen LogP contribution in [0.4, 0.5) is 11.4 Å². The van der Waals surface area contributed by atoms with Crippen LogP contribution in [0.15, 0.2) is 36.4 Å². The lowest BCUT2D eigenvalue weighted by atomic mass is 10.1. The Morgan fingerprint density at radius 1 is 1.16 bits per heavy atom. The zero-order valence-electron chi connectivity index (χ0n) is 13.7. The van der Waals surface area contributed by atoms with Crippen molar-refractivity contribution in [2.75, 3.05) is 43.6 Å². The molecule has 3 rings (SSSR count). The van der Waals surface area contributed by atoms with Gasteiger partial charge in [0.25, 0.3) is 5.91 Å². The molecular formula is C18H18Cl2N2O3. The van der Waals surface area contributed by atoms with Gasteiger partial charge in [-0.1, -0.05) is 23.2 Å². The van der Waals surface area contributed by atoms with Crippen molar-refractivity contribution in [3.8, 4) is 5.75 Å². The molecule has 1 aliphatic heterocycles. The summed E-state index contributed by atoms with van der Waals surface area (Å²) in [4.78, 5) is 14.7. The van der Waals surface area contributed by atoms with Crippen LogP contribution in [-0.4, -0.2) is 39.3 Å². The van der Waals surface area contributed by atoms with Crippen molar-refractivity contribution in [3.63, 3.8) is 0 Å². The SMILES string of the molecule is COc1ccc(Cl)cc1C(=O)Nc1ccc(N2CCOCC2)c(Cl)c1. The maximum Gasteiger partial charge on any atom is 0.259 e. The van der Waals surface area contributed by atoms with E-state index in [0.717, 1.165) is 18.8 Å². The number of hydrogen-bond acceptors (Lipinski definition) is 4. The number of halogens is 2. The predicted octanol–water partition coefficient (Wildman–Crippen LogP) is 4.09. The van der Waals surface area contributed by atoms with Gasteiger partial charge in [-0.05, 0) is 36.4 Å². The van der Waals surface area contributed by atoms with Gasteiger partial charge in [0.1, 0.15) is 5.75 Å². The number of anilines is 2. The fourth-order valence-electron chi connectivity index (χ4n) is 2.70. The first kappa shape index (κ1) is 17.9. The van der Waals surface area contributed by atoms with Gasteiger partial charge < -0.3 is 19.7 Å². The van der Waals surface area contributed by atoms with Gasteiger partial charge in [-0.2, -0.15) is 0 Å². The molecular weight excluding hydrogens is 363 g/mol. The standard InChI is InChI=1S/C18H18Cl2N2O3/c1-24-17-5-2-12(19)10-14(17)18(23)21-13-3-4-16(15(20)11-13)22-6-8-25-9-7-22/h2-5,10-11H,6-9H2,1H3,(H,21,23). The number of ether oxygens (including phenoxy) is 2. The summed E-state index contributed by atoms with van der Waals surface area (Å²) >= 11 is 12.4. The van der Waals surface area contributed by atoms with Crippen LogP contribution in [0.25, 0.3) is 0 Å². The molecule has 7 heteroatoms. The highest BCUT2D eigenvalue weighted by atomic mass is 35.5. The van der Waals surface area contributed by atoms with E-state index >= 15 is 0 Å². The Hall–Kier alpha value is -1.95. The van der Waals surface area contributed by atoms with Gasteiger partial charge in [0.2, 0.25) is 0 Å². The minimum atomic E-state index is -0.311. The average Bonchev–Trinajstić information content (AvgIpc) is 2.62. The maximum atomic E-state index is 12.5. The van der Waals surface area contributed by atoms with Crippen LogP contribution in [0.2, 0.25) is 10.0 Å². The van der Waals surface area contributed by atoms with Crippen LogP contribution in [0.5, 0.6) is 5.75 Å². The van der Waals surface area contributed by atoms with Crippen LogP contribution in [0.1, 0.15) is 10.4 Å². The molecule has 0 spiro atoms. The van der Waals surface area contributed by atoms with Crippen LogP contribution in [-0.2, 0) is 4.74 Å². The first-order chi connectivity index (χ1) is 12.1. The summed E-state index contributed by atoms with van der Waals surface area (Å²) in [5.41, 5.74) is 1.90. The van der Waals surface area contributed by atoms with Crippen molar-refractivity contribution in [3.05, 3.63) is 52.0 Å². The summed E-state index contributed by atoms with van der Waals surface area (Å²) in [6, 6.07) is 10.4. The van der Waals surface area contributed by atoms with Gasteiger partial charge >= 0.3 is 0 Å². The second-order valence-corrected chi connectivity index (χ2v) is 6.41. The molecule has 1 fully saturated rings. The Labute approximate surface area is 156 Å². The summed E-state index contributed by atoms with van der Waals surface area (Å²) in [5, 5.41) is 3.87. The molecule has 1 N–H and O–H groups in total. The number of carbonyl (C=O) groups excluding carboxylic acids is 1. The number of carbonyl (C=O) groups is 1. The van der Waals surface area contributed by atoms with Gasteiger partial charge in [-0.3, -0.25) is 4.79 Å². The van der Waals surface area contributed by atoms with E-state index in [0.29, 0.717) is 40.3 Å². The molecule has 0 atom stereocenters. The second kappa shape index (κ2) is 7.95. The van der Waals surface area contributed by atoms with Gasteiger partial charge in [-0.15, -0.1) is 0 Å². The summed E-state index contributed by atoms with van der Waals surface area (Å²) in [6.45, 7) is 2.96. The Kier molecular flexibility index (Phi) is 5.68. The molecule has 1 aliphatic rings. The highest BCUT2D eigenvalue weighted by Crippen LogP contribution is 2.30. The van der Waals surface area contributed by atoms with E-state index in [9.17, 15) is 4.79 Å². The van der Waals surface area contributed by atoms with Crippen molar-refractivity contribution >= 4 is 40.5 Å². The van der Waals surface area contributed by atoms with Gasteiger partial charge in [0.05, 0.1) is 36.6 Å². The molecule has 2 aromatic rings. The van der Waals surface area contributed by atoms with E-state index in [1.54, 1.807) is 24.3 Å². The van der Waals surface area contributed by atoms with Crippen LogP contribution in [0, 0.1) is 0 Å². The van der Waals surface area contributed by atoms with E-state index in [4.69, 9.17) is 32.7 Å². The van der Waals surface area contributed by atoms with Crippen molar-refractivity contribution in [2.24, 2.45) is 0 Å². The molecule has 0 unspecified atom stereocenters. The highest BCUT2D eigenvalue weighted by Gasteiger charge is 2.16. The monoisotopic (exact) mass is 380 g/mol. The van der Waals surface area contributed by atoms with Crippen molar-refractivity contribution in [2.45, 2.75) is 0 Å². The van der Waals surface area contributed by atoms with Gasteiger partial charge in [-0.25, -0.2) is 0 Å². The third-order valence-corrected chi connectivity index (χ3v) is 4.50. The molecule has 5 nitrogen and oxygen atoms in total. The zero-order chi connectivity index (χ0) is 17.8. The summed E-state index contributed by atoms with van der Waals surface area (Å²) in [6.07, 6.45) is 0. The lowest BCUT2D eigenvalue weighted by Crippen LogP contribution is -2.36.